The van der Waals surface area contributed by atoms with E-state index in [9.17, 15) is 0 Å². The number of hydrogen-bond acceptors (Lipinski definition) is 3. The predicted octanol–water partition coefficient (Wildman–Crippen LogP) is 3.01. The summed E-state index contributed by atoms with van der Waals surface area (Å²) in [5.74, 6) is 0.926. The summed E-state index contributed by atoms with van der Waals surface area (Å²) >= 11 is 0. The van der Waals surface area contributed by atoms with Gasteiger partial charge in [-0.25, -0.2) is 0 Å². The molecule has 1 aromatic carbocycles. The third-order valence-corrected chi connectivity index (χ3v) is 5.24. The first-order valence-corrected chi connectivity index (χ1v) is 8.54. The Morgan fingerprint density at radius 2 is 1.68 bits per heavy atom. The average molecular weight is 324 g/mol. The number of anilines is 1. The summed E-state index contributed by atoms with van der Waals surface area (Å²) < 4.78 is 0. The lowest BCUT2D eigenvalue weighted by atomic mass is 9.95. The van der Waals surface area contributed by atoms with Gasteiger partial charge in [-0.1, -0.05) is 18.2 Å². The number of likely N-dealkylation sites (tertiary alicyclic amines) is 1. The number of halogens is 1. The lowest BCUT2D eigenvalue weighted by Gasteiger charge is -2.39. The Morgan fingerprint density at radius 3 is 2.32 bits per heavy atom. The third kappa shape index (κ3) is 4.61. The van der Waals surface area contributed by atoms with Crippen molar-refractivity contribution in [3.63, 3.8) is 0 Å². The van der Waals surface area contributed by atoms with Crippen LogP contribution < -0.4 is 10.2 Å². The van der Waals surface area contributed by atoms with E-state index in [2.05, 4.69) is 52.5 Å². The second-order valence-corrected chi connectivity index (χ2v) is 6.67. The van der Waals surface area contributed by atoms with E-state index in [1.807, 2.05) is 0 Å². The number of para-hydroxylation sites is 1. The first kappa shape index (κ1) is 17.6. The molecular formula is C18H30ClN3. The molecule has 1 N–H and O–H groups in total. The van der Waals surface area contributed by atoms with Crippen molar-refractivity contribution in [2.75, 3.05) is 44.7 Å². The van der Waals surface area contributed by atoms with Crippen LogP contribution in [0.5, 0.6) is 0 Å². The highest BCUT2D eigenvalue weighted by Gasteiger charge is 2.24. The summed E-state index contributed by atoms with van der Waals surface area (Å²) in [5, 5.41) is 3.47. The van der Waals surface area contributed by atoms with Crippen molar-refractivity contribution in [1.82, 2.24) is 10.2 Å². The van der Waals surface area contributed by atoms with E-state index in [4.69, 9.17) is 0 Å². The Labute approximate surface area is 141 Å². The van der Waals surface area contributed by atoms with Crippen molar-refractivity contribution in [2.24, 2.45) is 5.92 Å². The molecule has 1 aromatic rings. The molecule has 124 valence electrons. The molecule has 0 radical (unpaired) electrons. The van der Waals surface area contributed by atoms with Crippen LogP contribution in [-0.4, -0.2) is 50.7 Å². The Hall–Kier alpha value is -0.770. The summed E-state index contributed by atoms with van der Waals surface area (Å²) in [7, 11) is 2.25. The van der Waals surface area contributed by atoms with E-state index in [-0.39, 0.29) is 12.4 Å². The molecule has 4 heteroatoms. The van der Waals surface area contributed by atoms with Gasteiger partial charge in [0.1, 0.15) is 0 Å². The topological polar surface area (TPSA) is 18.5 Å². The molecule has 0 amide bonds. The van der Waals surface area contributed by atoms with Crippen LogP contribution in [0.2, 0.25) is 0 Å². The highest BCUT2D eigenvalue weighted by molar-refractivity contribution is 5.85. The zero-order valence-corrected chi connectivity index (χ0v) is 14.5. The fourth-order valence-corrected chi connectivity index (χ4v) is 3.79. The maximum atomic E-state index is 3.47. The highest BCUT2D eigenvalue weighted by Crippen LogP contribution is 2.23. The van der Waals surface area contributed by atoms with E-state index in [1.54, 1.807) is 0 Å². The lowest BCUT2D eigenvalue weighted by Crippen LogP contribution is -2.45. The minimum absolute atomic E-state index is 0. The number of hydrogen-bond donors (Lipinski definition) is 1. The highest BCUT2D eigenvalue weighted by atomic mass is 35.5. The minimum atomic E-state index is 0. The molecule has 2 fully saturated rings. The van der Waals surface area contributed by atoms with E-state index >= 15 is 0 Å². The number of piperidine rings is 2. The van der Waals surface area contributed by atoms with E-state index in [1.165, 1.54) is 64.1 Å². The van der Waals surface area contributed by atoms with E-state index in [0.717, 1.165) is 5.92 Å². The van der Waals surface area contributed by atoms with Crippen LogP contribution in [0.1, 0.15) is 25.7 Å². The lowest BCUT2D eigenvalue weighted by molar-refractivity contribution is 0.166. The number of benzene rings is 1. The van der Waals surface area contributed by atoms with Crippen molar-refractivity contribution >= 4 is 18.1 Å². The fraction of sp³-hybridized carbons (Fsp3) is 0.667. The normalized spacial score (nSPS) is 21.3. The predicted molar refractivity (Wildman–Crippen MR) is 97.1 cm³/mol. The molecule has 3 nitrogen and oxygen atoms in total. The monoisotopic (exact) mass is 323 g/mol. The van der Waals surface area contributed by atoms with Gasteiger partial charge in [0.05, 0.1) is 0 Å². The number of nitrogens with zero attached hydrogens (tertiary/aromatic N) is 2. The van der Waals surface area contributed by atoms with Crippen LogP contribution >= 0.6 is 12.4 Å². The van der Waals surface area contributed by atoms with Gasteiger partial charge in [0.25, 0.3) is 0 Å². The van der Waals surface area contributed by atoms with E-state index in [0.29, 0.717) is 6.04 Å². The van der Waals surface area contributed by atoms with Crippen molar-refractivity contribution in [2.45, 2.75) is 31.7 Å². The fourth-order valence-electron chi connectivity index (χ4n) is 3.79. The van der Waals surface area contributed by atoms with Gasteiger partial charge in [-0.2, -0.15) is 0 Å². The van der Waals surface area contributed by atoms with Gasteiger partial charge in [0, 0.05) is 38.4 Å². The standard InChI is InChI=1S/C18H29N3.ClH/c1-20(17-5-3-2-4-6-17)18-9-13-21(14-10-18)15-16-7-11-19-12-8-16;/h2-6,16,18-19H,7-15H2,1H3;1H. The molecule has 0 unspecified atom stereocenters. The smallest absolute Gasteiger partial charge is 0.0366 e. The Bertz CT molecular complexity index is 412. The maximum absolute atomic E-state index is 3.47. The summed E-state index contributed by atoms with van der Waals surface area (Å²) in [6.45, 7) is 6.30. The molecule has 0 bridgehead atoms. The summed E-state index contributed by atoms with van der Waals surface area (Å²) in [6.07, 6.45) is 5.33. The average Bonchev–Trinajstić information content (AvgIpc) is 2.57. The zero-order chi connectivity index (χ0) is 14.5. The van der Waals surface area contributed by atoms with Crippen molar-refractivity contribution in [1.29, 1.82) is 0 Å². The summed E-state index contributed by atoms with van der Waals surface area (Å²) in [4.78, 5) is 5.17. The molecular weight excluding hydrogens is 294 g/mol. The van der Waals surface area contributed by atoms with Crippen molar-refractivity contribution in [3.8, 4) is 0 Å². The maximum Gasteiger partial charge on any atom is 0.0366 e. The van der Waals surface area contributed by atoms with Gasteiger partial charge in [-0.15, -0.1) is 12.4 Å². The molecule has 2 aliphatic heterocycles. The first-order chi connectivity index (χ1) is 10.3. The first-order valence-electron chi connectivity index (χ1n) is 8.54. The SMILES string of the molecule is CN(c1ccccc1)C1CCN(CC2CCNCC2)CC1.Cl. The van der Waals surface area contributed by atoms with Gasteiger partial charge in [0.2, 0.25) is 0 Å². The largest absolute Gasteiger partial charge is 0.372 e. The molecule has 0 atom stereocenters. The van der Waals surface area contributed by atoms with Crippen molar-refractivity contribution in [3.05, 3.63) is 30.3 Å². The van der Waals surface area contributed by atoms with Crippen LogP contribution in [0.4, 0.5) is 5.69 Å². The van der Waals surface area contributed by atoms with Gasteiger partial charge >= 0.3 is 0 Å². The minimum Gasteiger partial charge on any atom is -0.372 e. The molecule has 0 spiro atoms. The third-order valence-electron chi connectivity index (χ3n) is 5.24. The molecule has 0 aromatic heterocycles. The Kier molecular flexibility index (Phi) is 7.00. The quantitative estimate of drug-likeness (QED) is 0.919. The second kappa shape index (κ2) is 8.76. The van der Waals surface area contributed by atoms with Crippen LogP contribution in [0.15, 0.2) is 30.3 Å². The van der Waals surface area contributed by atoms with E-state index < -0.39 is 0 Å². The summed E-state index contributed by atoms with van der Waals surface area (Å²) in [5.41, 5.74) is 1.36. The van der Waals surface area contributed by atoms with Gasteiger partial charge in [-0.3, -0.25) is 0 Å². The zero-order valence-electron chi connectivity index (χ0n) is 13.7. The van der Waals surface area contributed by atoms with Gasteiger partial charge < -0.3 is 15.1 Å². The molecule has 0 aliphatic carbocycles. The van der Waals surface area contributed by atoms with Crippen molar-refractivity contribution < 1.29 is 0 Å². The van der Waals surface area contributed by atoms with Gasteiger partial charge in [-0.05, 0) is 56.8 Å². The Morgan fingerprint density at radius 1 is 1.05 bits per heavy atom. The Balaban J connectivity index is 0.00000176. The summed E-state index contributed by atoms with van der Waals surface area (Å²) in [6, 6.07) is 11.5. The number of nitrogens with one attached hydrogen (secondary N) is 1. The molecule has 22 heavy (non-hydrogen) atoms. The molecule has 2 aliphatic rings. The molecule has 3 rings (SSSR count). The van der Waals surface area contributed by atoms with Crippen LogP contribution in [0.25, 0.3) is 0 Å². The molecule has 2 heterocycles. The van der Waals surface area contributed by atoms with Crippen LogP contribution in [0, 0.1) is 5.92 Å². The molecule has 2 saturated heterocycles. The van der Waals surface area contributed by atoms with Gasteiger partial charge in [0.15, 0.2) is 0 Å². The number of rotatable bonds is 4. The van der Waals surface area contributed by atoms with Crippen LogP contribution in [0.3, 0.4) is 0 Å². The second-order valence-electron chi connectivity index (χ2n) is 6.67. The molecule has 0 saturated carbocycles. The van der Waals surface area contributed by atoms with Crippen LogP contribution in [-0.2, 0) is 0 Å².